The average molecular weight is 385 g/mol. The number of carbonyl (C=O) groups is 1. The van der Waals surface area contributed by atoms with Crippen molar-refractivity contribution in [3.8, 4) is 11.4 Å². The highest BCUT2D eigenvalue weighted by Crippen LogP contribution is 2.28. The molecule has 0 unspecified atom stereocenters. The van der Waals surface area contributed by atoms with Crippen LogP contribution in [-0.2, 0) is 0 Å². The second kappa shape index (κ2) is 6.47. The Morgan fingerprint density at radius 3 is 2.88 bits per heavy atom. The minimum atomic E-state index is -0.498. The number of nitrogens with one attached hydrogen (secondary N) is 1. The third kappa shape index (κ3) is 3.04. The second-order valence-corrected chi connectivity index (χ2v) is 6.91. The molecule has 0 aliphatic heterocycles. The Morgan fingerprint density at radius 2 is 2.08 bits per heavy atom. The lowest BCUT2D eigenvalue weighted by molar-refractivity contribution is 0.108. The molecule has 7 nitrogen and oxygen atoms in total. The predicted octanol–water partition coefficient (Wildman–Crippen LogP) is 3.99. The lowest BCUT2D eigenvalue weighted by atomic mass is 10.2. The molecule has 0 fully saturated rings. The first-order valence-corrected chi connectivity index (χ1v) is 8.99. The quantitative estimate of drug-likeness (QED) is 0.535. The molecule has 0 bridgehead atoms. The van der Waals surface area contributed by atoms with Gasteiger partial charge in [-0.1, -0.05) is 6.07 Å². The van der Waals surface area contributed by atoms with E-state index in [9.17, 15) is 4.79 Å². The largest absolute Gasteiger partial charge is 0.332 e. The molecule has 130 valence electrons. The van der Waals surface area contributed by atoms with Crippen LogP contribution in [-0.4, -0.2) is 30.0 Å². The number of hydrogen-bond acceptors (Lipinski definition) is 7. The van der Waals surface area contributed by atoms with Gasteiger partial charge in [0.25, 0.3) is 5.24 Å². The standard InChI is InChI=1S/C17H13ClN6OS/c1-9-6-14-21-22-15(10(2)24(14)23-9)13-8-26-17(20-13)19-12-5-3-4-11(7-12)16(18)25/h3-8H,1-2H3,(H,19,20). The summed E-state index contributed by atoms with van der Waals surface area (Å²) in [7, 11) is 0. The van der Waals surface area contributed by atoms with Crippen LogP contribution in [0.2, 0.25) is 0 Å². The second-order valence-electron chi connectivity index (χ2n) is 5.71. The van der Waals surface area contributed by atoms with Crippen LogP contribution in [0.15, 0.2) is 35.7 Å². The normalized spacial score (nSPS) is 11.0. The highest BCUT2D eigenvalue weighted by atomic mass is 35.5. The molecular formula is C17H13ClN6OS. The number of rotatable bonds is 4. The first kappa shape index (κ1) is 16.6. The van der Waals surface area contributed by atoms with E-state index in [0.717, 1.165) is 17.1 Å². The number of hydrogen-bond donors (Lipinski definition) is 1. The summed E-state index contributed by atoms with van der Waals surface area (Å²) in [6.07, 6.45) is 0. The number of fused-ring (bicyclic) bond motifs is 1. The smallest absolute Gasteiger partial charge is 0.252 e. The number of halogens is 1. The van der Waals surface area contributed by atoms with E-state index in [0.29, 0.717) is 27.7 Å². The molecule has 4 aromatic rings. The van der Waals surface area contributed by atoms with Crippen molar-refractivity contribution in [1.29, 1.82) is 0 Å². The maximum Gasteiger partial charge on any atom is 0.252 e. The zero-order valence-corrected chi connectivity index (χ0v) is 15.5. The fourth-order valence-electron chi connectivity index (χ4n) is 2.60. The van der Waals surface area contributed by atoms with E-state index in [1.165, 1.54) is 11.3 Å². The van der Waals surface area contributed by atoms with Gasteiger partial charge in [0.15, 0.2) is 10.8 Å². The van der Waals surface area contributed by atoms with E-state index < -0.39 is 5.24 Å². The zero-order valence-electron chi connectivity index (χ0n) is 13.9. The summed E-state index contributed by atoms with van der Waals surface area (Å²) in [6, 6.07) is 8.82. The highest BCUT2D eigenvalue weighted by molar-refractivity contribution is 7.14. The Balaban J connectivity index is 1.65. The minimum Gasteiger partial charge on any atom is -0.332 e. The number of thiazole rings is 1. The number of nitrogens with zero attached hydrogens (tertiary/aromatic N) is 5. The molecule has 9 heteroatoms. The van der Waals surface area contributed by atoms with Crippen LogP contribution in [0, 0.1) is 13.8 Å². The van der Waals surface area contributed by atoms with Crippen molar-refractivity contribution in [3.05, 3.63) is 52.7 Å². The SMILES string of the molecule is Cc1cc2nnc(-c3csc(Nc4cccc(C(=O)Cl)c4)n3)c(C)n2n1. The summed E-state index contributed by atoms with van der Waals surface area (Å²) in [6.45, 7) is 3.85. The molecule has 1 N–H and O–H groups in total. The Hall–Kier alpha value is -2.84. The van der Waals surface area contributed by atoms with Gasteiger partial charge in [0, 0.05) is 22.7 Å². The van der Waals surface area contributed by atoms with Crippen LogP contribution >= 0.6 is 22.9 Å². The molecule has 0 radical (unpaired) electrons. The van der Waals surface area contributed by atoms with Crippen LogP contribution in [0.4, 0.5) is 10.8 Å². The van der Waals surface area contributed by atoms with Crippen LogP contribution in [0.3, 0.4) is 0 Å². The zero-order chi connectivity index (χ0) is 18.3. The van der Waals surface area contributed by atoms with Crippen LogP contribution < -0.4 is 5.32 Å². The van der Waals surface area contributed by atoms with Gasteiger partial charge in [-0.25, -0.2) is 9.50 Å². The maximum atomic E-state index is 11.3. The average Bonchev–Trinajstić information content (AvgIpc) is 3.22. The molecule has 4 rings (SSSR count). The number of aromatic nitrogens is 5. The van der Waals surface area contributed by atoms with Crippen molar-refractivity contribution < 1.29 is 4.79 Å². The maximum absolute atomic E-state index is 11.3. The van der Waals surface area contributed by atoms with Crippen molar-refractivity contribution in [2.75, 3.05) is 5.32 Å². The molecule has 0 aliphatic carbocycles. The van der Waals surface area contributed by atoms with Gasteiger partial charge in [-0.15, -0.1) is 21.5 Å². The van der Waals surface area contributed by atoms with Crippen molar-refractivity contribution in [2.45, 2.75) is 13.8 Å². The topological polar surface area (TPSA) is 85.1 Å². The third-order valence-corrected chi connectivity index (χ3v) is 4.79. The van der Waals surface area contributed by atoms with Crippen molar-refractivity contribution in [1.82, 2.24) is 24.8 Å². The molecule has 0 atom stereocenters. The van der Waals surface area contributed by atoms with Gasteiger partial charge in [0.2, 0.25) is 0 Å². The summed E-state index contributed by atoms with van der Waals surface area (Å²) >= 11 is 6.96. The van der Waals surface area contributed by atoms with Gasteiger partial charge < -0.3 is 5.32 Å². The van der Waals surface area contributed by atoms with Crippen LogP contribution in [0.5, 0.6) is 0 Å². The number of carbonyl (C=O) groups excluding carboxylic acids is 1. The summed E-state index contributed by atoms with van der Waals surface area (Å²) in [5.41, 5.74) is 5.01. The van der Waals surface area contributed by atoms with Gasteiger partial charge in [0.1, 0.15) is 11.4 Å². The molecule has 0 saturated carbocycles. The molecule has 0 saturated heterocycles. The molecule has 0 aliphatic rings. The molecule has 26 heavy (non-hydrogen) atoms. The molecule has 3 aromatic heterocycles. The fourth-order valence-corrected chi connectivity index (χ4v) is 3.43. The number of benzene rings is 1. The van der Waals surface area contributed by atoms with E-state index in [1.54, 1.807) is 22.7 Å². The third-order valence-electron chi connectivity index (χ3n) is 3.81. The van der Waals surface area contributed by atoms with E-state index in [4.69, 9.17) is 11.6 Å². The summed E-state index contributed by atoms with van der Waals surface area (Å²) < 4.78 is 1.76. The van der Waals surface area contributed by atoms with Crippen molar-refractivity contribution in [3.63, 3.8) is 0 Å². The lowest BCUT2D eigenvalue weighted by Gasteiger charge is -2.04. The molecule has 0 spiro atoms. The molecule has 3 heterocycles. The van der Waals surface area contributed by atoms with Crippen LogP contribution in [0.1, 0.15) is 21.7 Å². The van der Waals surface area contributed by atoms with Gasteiger partial charge in [-0.2, -0.15) is 5.10 Å². The Morgan fingerprint density at radius 1 is 1.23 bits per heavy atom. The Bertz CT molecular complexity index is 1140. The number of aryl methyl sites for hydroxylation is 2. The molecular weight excluding hydrogens is 372 g/mol. The summed E-state index contributed by atoms with van der Waals surface area (Å²) in [4.78, 5) is 15.9. The van der Waals surface area contributed by atoms with Gasteiger partial charge in [-0.3, -0.25) is 4.79 Å². The van der Waals surface area contributed by atoms with E-state index in [-0.39, 0.29) is 0 Å². The first-order chi connectivity index (χ1) is 12.5. The highest BCUT2D eigenvalue weighted by Gasteiger charge is 2.14. The monoisotopic (exact) mass is 384 g/mol. The van der Waals surface area contributed by atoms with E-state index in [2.05, 4.69) is 25.6 Å². The van der Waals surface area contributed by atoms with Crippen molar-refractivity contribution in [2.24, 2.45) is 0 Å². The minimum absolute atomic E-state index is 0.426. The first-order valence-electron chi connectivity index (χ1n) is 7.74. The molecule has 1 aromatic carbocycles. The van der Waals surface area contributed by atoms with Gasteiger partial charge >= 0.3 is 0 Å². The van der Waals surface area contributed by atoms with Gasteiger partial charge in [0.05, 0.1) is 11.4 Å². The summed E-state index contributed by atoms with van der Waals surface area (Å²) in [5.74, 6) is 0. The number of anilines is 2. The lowest BCUT2D eigenvalue weighted by Crippen LogP contribution is -2.02. The van der Waals surface area contributed by atoms with Crippen LogP contribution in [0.25, 0.3) is 17.0 Å². The summed E-state index contributed by atoms with van der Waals surface area (Å²) in [5, 5.41) is 18.2. The fraction of sp³-hybridized carbons (Fsp3) is 0.118. The van der Waals surface area contributed by atoms with E-state index >= 15 is 0 Å². The predicted molar refractivity (Wildman–Crippen MR) is 101 cm³/mol. The Kier molecular flexibility index (Phi) is 4.14. The molecule has 0 amide bonds. The van der Waals surface area contributed by atoms with E-state index in [1.807, 2.05) is 31.4 Å². The van der Waals surface area contributed by atoms with Crippen molar-refractivity contribution >= 4 is 44.6 Å². The Labute approximate surface area is 157 Å². The van der Waals surface area contributed by atoms with Gasteiger partial charge in [-0.05, 0) is 43.6 Å².